The minimum atomic E-state index is -0.178. The van der Waals surface area contributed by atoms with E-state index in [9.17, 15) is 9.59 Å². The lowest BCUT2D eigenvalue weighted by Gasteiger charge is -2.27. The van der Waals surface area contributed by atoms with Gasteiger partial charge in [0.15, 0.2) is 0 Å². The number of nitrogens with zero attached hydrogens (tertiary/aromatic N) is 2. The number of rotatable bonds is 14. The van der Waals surface area contributed by atoms with Gasteiger partial charge in [0.1, 0.15) is 11.5 Å². The van der Waals surface area contributed by atoms with Gasteiger partial charge in [-0.15, -0.1) is 0 Å². The molecule has 0 saturated carbocycles. The Morgan fingerprint density at radius 3 is 2.42 bits per heavy atom. The number of ether oxygens (including phenoxy) is 1. The van der Waals surface area contributed by atoms with Gasteiger partial charge in [-0.25, -0.2) is 0 Å². The van der Waals surface area contributed by atoms with Crippen LogP contribution in [0, 0.1) is 6.92 Å². The quantitative estimate of drug-likeness (QED) is 0.422. The molecule has 1 amide bonds. The first-order valence-corrected chi connectivity index (χ1v) is 11.3. The number of furan rings is 1. The fourth-order valence-corrected chi connectivity index (χ4v) is 3.52. The smallest absolute Gasteiger partial charge is 0.305 e. The van der Waals surface area contributed by atoms with Crippen molar-refractivity contribution in [2.24, 2.45) is 0 Å². The second-order valence-corrected chi connectivity index (χ2v) is 7.75. The molecule has 2 rings (SSSR count). The molecule has 0 N–H and O–H groups in total. The topological polar surface area (TPSA) is 63.0 Å². The predicted octanol–water partition coefficient (Wildman–Crippen LogP) is 4.21. The maximum Gasteiger partial charge on any atom is 0.305 e. The van der Waals surface area contributed by atoms with Crippen LogP contribution in [0.3, 0.4) is 0 Å². The summed E-state index contributed by atoms with van der Waals surface area (Å²) in [6.45, 7) is 9.17. The third-order valence-corrected chi connectivity index (χ3v) is 5.07. The molecule has 2 aromatic rings. The van der Waals surface area contributed by atoms with Crippen LogP contribution in [0.1, 0.15) is 50.2 Å². The zero-order valence-electron chi connectivity index (χ0n) is 19.1. The Morgan fingerprint density at radius 1 is 1.00 bits per heavy atom. The fourth-order valence-electron chi connectivity index (χ4n) is 3.52. The van der Waals surface area contributed by atoms with Gasteiger partial charge in [0.05, 0.1) is 19.7 Å². The summed E-state index contributed by atoms with van der Waals surface area (Å²) in [6.07, 6.45) is 2.82. The molecule has 6 nitrogen and oxygen atoms in total. The van der Waals surface area contributed by atoms with Crippen LogP contribution in [0.5, 0.6) is 0 Å². The van der Waals surface area contributed by atoms with Crippen LogP contribution in [0.25, 0.3) is 0 Å². The molecule has 0 aliphatic carbocycles. The molecule has 170 valence electrons. The summed E-state index contributed by atoms with van der Waals surface area (Å²) in [7, 11) is 0. The Morgan fingerprint density at radius 2 is 1.77 bits per heavy atom. The van der Waals surface area contributed by atoms with Crippen molar-refractivity contribution in [2.75, 3.05) is 32.8 Å². The molecule has 0 saturated heterocycles. The van der Waals surface area contributed by atoms with Crippen LogP contribution in [0.4, 0.5) is 0 Å². The SMILES string of the molecule is CCCN(CCCC(=O)OCC)CC(=O)N(CCc1ccccc1)Cc1ccc(C)o1. The Kier molecular flexibility index (Phi) is 10.9. The number of amides is 1. The summed E-state index contributed by atoms with van der Waals surface area (Å²) >= 11 is 0. The zero-order chi connectivity index (χ0) is 22.5. The molecule has 1 heterocycles. The van der Waals surface area contributed by atoms with Crippen molar-refractivity contribution in [3.05, 3.63) is 59.5 Å². The van der Waals surface area contributed by atoms with Crippen molar-refractivity contribution >= 4 is 11.9 Å². The summed E-state index contributed by atoms with van der Waals surface area (Å²) in [5.74, 6) is 1.54. The highest BCUT2D eigenvalue weighted by Gasteiger charge is 2.19. The predicted molar refractivity (Wildman–Crippen MR) is 122 cm³/mol. The minimum absolute atomic E-state index is 0.0783. The van der Waals surface area contributed by atoms with Crippen molar-refractivity contribution in [1.29, 1.82) is 0 Å². The number of esters is 1. The average molecular weight is 429 g/mol. The zero-order valence-corrected chi connectivity index (χ0v) is 19.1. The van der Waals surface area contributed by atoms with Gasteiger partial charge in [-0.05, 0) is 63.9 Å². The molecule has 0 aliphatic rings. The van der Waals surface area contributed by atoms with Gasteiger partial charge in [0, 0.05) is 13.0 Å². The van der Waals surface area contributed by atoms with E-state index in [1.54, 1.807) is 0 Å². The summed E-state index contributed by atoms with van der Waals surface area (Å²) in [5.41, 5.74) is 1.20. The highest BCUT2D eigenvalue weighted by molar-refractivity contribution is 5.78. The van der Waals surface area contributed by atoms with E-state index in [0.717, 1.165) is 30.9 Å². The molecule has 0 bridgehead atoms. The van der Waals surface area contributed by atoms with E-state index in [2.05, 4.69) is 24.0 Å². The Balaban J connectivity index is 1.97. The third-order valence-electron chi connectivity index (χ3n) is 5.07. The van der Waals surface area contributed by atoms with E-state index in [1.807, 2.05) is 49.1 Å². The second kappa shape index (κ2) is 13.7. The van der Waals surface area contributed by atoms with Crippen molar-refractivity contribution in [2.45, 2.75) is 53.0 Å². The van der Waals surface area contributed by atoms with Crippen LogP contribution >= 0.6 is 0 Å². The highest BCUT2D eigenvalue weighted by atomic mass is 16.5. The van der Waals surface area contributed by atoms with Crippen molar-refractivity contribution in [3.8, 4) is 0 Å². The first kappa shape index (κ1) is 24.7. The molecular formula is C25H36N2O4. The molecule has 1 aromatic heterocycles. The fraction of sp³-hybridized carbons (Fsp3) is 0.520. The Labute approximate surface area is 186 Å². The summed E-state index contributed by atoms with van der Waals surface area (Å²) in [4.78, 5) is 28.8. The lowest BCUT2D eigenvalue weighted by Crippen LogP contribution is -2.41. The number of carbonyl (C=O) groups is 2. The van der Waals surface area contributed by atoms with Crippen molar-refractivity contribution in [1.82, 2.24) is 9.80 Å². The molecule has 0 atom stereocenters. The first-order valence-electron chi connectivity index (χ1n) is 11.3. The van der Waals surface area contributed by atoms with E-state index in [-0.39, 0.29) is 11.9 Å². The second-order valence-electron chi connectivity index (χ2n) is 7.75. The van der Waals surface area contributed by atoms with E-state index in [4.69, 9.17) is 9.15 Å². The number of carbonyl (C=O) groups excluding carboxylic acids is 2. The van der Waals surface area contributed by atoms with Gasteiger partial charge in [-0.3, -0.25) is 14.5 Å². The molecule has 31 heavy (non-hydrogen) atoms. The molecular weight excluding hydrogens is 392 g/mol. The van der Waals surface area contributed by atoms with Crippen LogP contribution in [-0.4, -0.2) is 54.5 Å². The lowest BCUT2D eigenvalue weighted by atomic mass is 10.1. The van der Waals surface area contributed by atoms with E-state index in [1.165, 1.54) is 5.56 Å². The van der Waals surface area contributed by atoms with Crippen LogP contribution in [-0.2, 0) is 27.3 Å². The maximum atomic E-state index is 13.2. The van der Waals surface area contributed by atoms with Gasteiger partial charge < -0.3 is 14.1 Å². The number of hydrogen-bond acceptors (Lipinski definition) is 5. The normalized spacial score (nSPS) is 11.0. The van der Waals surface area contributed by atoms with Crippen LogP contribution in [0.2, 0.25) is 0 Å². The summed E-state index contributed by atoms with van der Waals surface area (Å²) in [5, 5.41) is 0. The molecule has 1 aromatic carbocycles. The van der Waals surface area contributed by atoms with Crippen molar-refractivity contribution in [3.63, 3.8) is 0 Å². The molecule has 0 spiro atoms. The number of aryl methyl sites for hydroxylation is 1. The first-order chi connectivity index (χ1) is 15.0. The minimum Gasteiger partial charge on any atom is -0.466 e. The van der Waals surface area contributed by atoms with Gasteiger partial charge in [0.25, 0.3) is 0 Å². The molecule has 0 fully saturated rings. The monoisotopic (exact) mass is 428 g/mol. The summed E-state index contributed by atoms with van der Waals surface area (Å²) < 4.78 is 10.7. The van der Waals surface area contributed by atoms with Crippen LogP contribution < -0.4 is 0 Å². The molecule has 6 heteroatoms. The van der Waals surface area contributed by atoms with Gasteiger partial charge >= 0.3 is 5.97 Å². The van der Waals surface area contributed by atoms with E-state index >= 15 is 0 Å². The highest BCUT2D eigenvalue weighted by Crippen LogP contribution is 2.12. The maximum absolute atomic E-state index is 13.2. The van der Waals surface area contributed by atoms with Gasteiger partial charge in [0.2, 0.25) is 5.91 Å². The number of benzene rings is 1. The van der Waals surface area contributed by atoms with Gasteiger partial charge in [-0.2, -0.15) is 0 Å². The summed E-state index contributed by atoms with van der Waals surface area (Å²) in [6, 6.07) is 14.1. The molecule has 0 aliphatic heterocycles. The van der Waals surface area contributed by atoms with E-state index in [0.29, 0.717) is 45.6 Å². The van der Waals surface area contributed by atoms with Gasteiger partial charge in [-0.1, -0.05) is 37.3 Å². The van der Waals surface area contributed by atoms with Crippen molar-refractivity contribution < 1.29 is 18.7 Å². The number of hydrogen-bond donors (Lipinski definition) is 0. The average Bonchev–Trinajstić information content (AvgIpc) is 3.16. The van der Waals surface area contributed by atoms with Crippen LogP contribution in [0.15, 0.2) is 46.9 Å². The third kappa shape index (κ3) is 9.39. The lowest BCUT2D eigenvalue weighted by molar-refractivity contribution is -0.143. The Hall–Kier alpha value is -2.60. The van der Waals surface area contributed by atoms with E-state index < -0.39 is 0 Å². The Bertz CT molecular complexity index is 788. The molecule has 0 radical (unpaired) electrons. The largest absolute Gasteiger partial charge is 0.466 e. The molecule has 0 unspecified atom stereocenters. The standard InChI is InChI=1S/C25H36N2O4/c1-4-16-26(17-9-12-25(29)30-5-2)20-24(28)27(19-23-14-13-21(3)31-23)18-15-22-10-7-6-8-11-22/h6-8,10-11,13-14H,4-5,9,12,15-20H2,1-3H3.